The standard InChI is InChI=1S/C16H25FN2/c1-3-9-18-16-8-10-19(11-13(16)2)12-14-4-6-15(17)7-5-14/h4-7,13,16,18H,3,8-12H2,1-2H3. The molecule has 1 fully saturated rings. The van der Waals surface area contributed by atoms with Crippen LogP contribution in [0, 0.1) is 11.7 Å². The molecule has 0 amide bonds. The van der Waals surface area contributed by atoms with Gasteiger partial charge in [-0.25, -0.2) is 4.39 Å². The lowest BCUT2D eigenvalue weighted by Gasteiger charge is -2.37. The Balaban J connectivity index is 1.82. The summed E-state index contributed by atoms with van der Waals surface area (Å²) < 4.78 is 12.9. The predicted octanol–water partition coefficient (Wildman–Crippen LogP) is 3.04. The molecule has 1 saturated heterocycles. The van der Waals surface area contributed by atoms with Crippen LogP contribution in [0.3, 0.4) is 0 Å². The number of hydrogen-bond acceptors (Lipinski definition) is 2. The van der Waals surface area contributed by atoms with Gasteiger partial charge in [-0.1, -0.05) is 26.0 Å². The van der Waals surface area contributed by atoms with Crippen molar-refractivity contribution in [2.75, 3.05) is 19.6 Å². The van der Waals surface area contributed by atoms with E-state index >= 15 is 0 Å². The second kappa shape index (κ2) is 7.01. The molecule has 1 N–H and O–H groups in total. The van der Waals surface area contributed by atoms with Gasteiger partial charge >= 0.3 is 0 Å². The number of piperidine rings is 1. The molecule has 2 unspecified atom stereocenters. The highest BCUT2D eigenvalue weighted by atomic mass is 19.1. The van der Waals surface area contributed by atoms with Gasteiger partial charge in [0.1, 0.15) is 5.82 Å². The van der Waals surface area contributed by atoms with E-state index < -0.39 is 0 Å². The lowest BCUT2D eigenvalue weighted by molar-refractivity contribution is 0.141. The zero-order chi connectivity index (χ0) is 13.7. The van der Waals surface area contributed by atoms with Crippen molar-refractivity contribution in [2.24, 2.45) is 5.92 Å². The summed E-state index contributed by atoms with van der Waals surface area (Å²) in [7, 11) is 0. The van der Waals surface area contributed by atoms with Crippen LogP contribution >= 0.6 is 0 Å². The van der Waals surface area contributed by atoms with Gasteiger partial charge in [-0.3, -0.25) is 4.90 Å². The van der Waals surface area contributed by atoms with Crippen LogP contribution in [0.15, 0.2) is 24.3 Å². The third-order valence-electron chi connectivity index (χ3n) is 3.97. The van der Waals surface area contributed by atoms with E-state index in [1.807, 2.05) is 12.1 Å². The molecule has 1 aromatic carbocycles. The van der Waals surface area contributed by atoms with Crippen molar-refractivity contribution in [2.45, 2.75) is 39.3 Å². The normalized spacial score (nSPS) is 24.6. The quantitative estimate of drug-likeness (QED) is 0.879. The molecular weight excluding hydrogens is 239 g/mol. The number of likely N-dealkylation sites (tertiary alicyclic amines) is 1. The summed E-state index contributed by atoms with van der Waals surface area (Å²) in [6.07, 6.45) is 2.41. The van der Waals surface area contributed by atoms with Gasteiger partial charge in [0.2, 0.25) is 0 Å². The minimum atomic E-state index is -0.153. The van der Waals surface area contributed by atoms with Crippen LogP contribution in [0.1, 0.15) is 32.3 Å². The number of rotatable bonds is 5. The fraction of sp³-hybridized carbons (Fsp3) is 0.625. The minimum Gasteiger partial charge on any atom is -0.314 e. The number of halogens is 1. The third kappa shape index (κ3) is 4.29. The molecule has 3 heteroatoms. The molecule has 0 saturated carbocycles. The van der Waals surface area contributed by atoms with Crippen molar-refractivity contribution in [1.82, 2.24) is 10.2 Å². The van der Waals surface area contributed by atoms with Crippen LogP contribution in [0.25, 0.3) is 0 Å². The highest BCUT2D eigenvalue weighted by Crippen LogP contribution is 2.19. The summed E-state index contributed by atoms with van der Waals surface area (Å²) in [5.41, 5.74) is 1.20. The Labute approximate surface area is 116 Å². The molecule has 2 nitrogen and oxygen atoms in total. The largest absolute Gasteiger partial charge is 0.314 e. The summed E-state index contributed by atoms with van der Waals surface area (Å²) in [5.74, 6) is 0.528. The van der Waals surface area contributed by atoms with Gasteiger partial charge in [-0.05, 0) is 49.5 Å². The molecule has 1 aliphatic heterocycles. The van der Waals surface area contributed by atoms with Gasteiger partial charge in [0.25, 0.3) is 0 Å². The van der Waals surface area contributed by atoms with Gasteiger partial charge < -0.3 is 5.32 Å². The summed E-state index contributed by atoms with van der Waals surface area (Å²) in [4.78, 5) is 2.47. The van der Waals surface area contributed by atoms with E-state index in [9.17, 15) is 4.39 Å². The summed E-state index contributed by atoms with van der Waals surface area (Å²) in [6, 6.07) is 7.54. The Morgan fingerprint density at radius 2 is 2.05 bits per heavy atom. The molecule has 2 rings (SSSR count). The Morgan fingerprint density at radius 3 is 2.68 bits per heavy atom. The van der Waals surface area contributed by atoms with E-state index in [0.717, 1.165) is 26.2 Å². The fourth-order valence-electron chi connectivity index (χ4n) is 2.86. The van der Waals surface area contributed by atoms with Crippen molar-refractivity contribution in [3.8, 4) is 0 Å². The minimum absolute atomic E-state index is 0.153. The summed E-state index contributed by atoms with van der Waals surface area (Å²) in [6.45, 7) is 8.84. The van der Waals surface area contributed by atoms with Crippen LogP contribution in [-0.2, 0) is 6.54 Å². The van der Waals surface area contributed by atoms with Crippen molar-refractivity contribution in [3.05, 3.63) is 35.6 Å². The highest BCUT2D eigenvalue weighted by molar-refractivity contribution is 5.16. The topological polar surface area (TPSA) is 15.3 Å². The third-order valence-corrected chi connectivity index (χ3v) is 3.97. The Hall–Kier alpha value is -0.930. The van der Waals surface area contributed by atoms with Gasteiger partial charge in [0, 0.05) is 19.1 Å². The van der Waals surface area contributed by atoms with Crippen LogP contribution in [0.4, 0.5) is 4.39 Å². The van der Waals surface area contributed by atoms with Crippen LogP contribution < -0.4 is 5.32 Å². The van der Waals surface area contributed by atoms with Gasteiger partial charge in [0.15, 0.2) is 0 Å². The van der Waals surface area contributed by atoms with Crippen molar-refractivity contribution < 1.29 is 4.39 Å². The van der Waals surface area contributed by atoms with E-state index in [-0.39, 0.29) is 5.82 Å². The molecule has 0 spiro atoms. The lowest BCUT2D eigenvalue weighted by atomic mass is 9.93. The average molecular weight is 264 g/mol. The van der Waals surface area contributed by atoms with E-state index in [1.165, 1.54) is 18.4 Å². The van der Waals surface area contributed by atoms with E-state index in [4.69, 9.17) is 0 Å². The Kier molecular flexibility index (Phi) is 5.34. The van der Waals surface area contributed by atoms with E-state index in [0.29, 0.717) is 12.0 Å². The number of hydrogen-bond donors (Lipinski definition) is 1. The molecule has 1 aromatic rings. The van der Waals surface area contributed by atoms with Gasteiger partial charge in [0.05, 0.1) is 0 Å². The molecular formula is C16H25FN2. The molecule has 1 aliphatic rings. The maximum absolute atomic E-state index is 12.9. The molecule has 1 heterocycles. The van der Waals surface area contributed by atoms with Crippen molar-refractivity contribution in [1.29, 1.82) is 0 Å². The van der Waals surface area contributed by atoms with Crippen molar-refractivity contribution in [3.63, 3.8) is 0 Å². The molecule has 0 aliphatic carbocycles. The van der Waals surface area contributed by atoms with E-state index in [2.05, 4.69) is 24.1 Å². The molecule has 0 radical (unpaired) electrons. The molecule has 106 valence electrons. The molecule has 0 aromatic heterocycles. The van der Waals surface area contributed by atoms with E-state index in [1.54, 1.807) is 12.1 Å². The second-order valence-electron chi connectivity index (χ2n) is 5.69. The smallest absolute Gasteiger partial charge is 0.123 e. The SMILES string of the molecule is CCCNC1CCN(Cc2ccc(F)cc2)CC1C. The number of nitrogens with zero attached hydrogens (tertiary/aromatic N) is 1. The maximum Gasteiger partial charge on any atom is 0.123 e. The first-order valence-electron chi connectivity index (χ1n) is 7.39. The van der Waals surface area contributed by atoms with Crippen molar-refractivity contribution >= 4 is 0 Å². The average Bonchev–Trinajstić information content (AvgIpc) is 2.41. The monoisotopic (exact) mass is 264 g/mol. The first-order valence-corrected chi connectivity index (χ1v) is 7.39. The zero-order valence-electron chi connectivity index (χ0n) is 12.0. The van der Waals surface area contributed by atoms with Crippen LogP contribution in [0.5, 0.6) is 0 Å². The highest BCUT2D eigenvalue weighted by Gasteiger charge is 2.25. The second-order valence-corrected chi connectivity index (χ2v) is 5.69. The first kappa shape index (κ1) is 14.5. The first-order chi connectivity index (χ1) is 9.19. The Bertz CT molecular complexity index is 377. The Morgan fingerprint density at radius 1 is 1.32 bits per heavy atom. The molecule has 2 atom stereocenters. The van der Waals surface area contributed by atoms with Gasteiger partial charge in [-0.15, -0.1) is 0 Å². The maximum atomic E-state index is 12.9. The van der Waals surface area contributed by atoms with Crippen LogP contribution in [0.2, 0.25) is 0 Å². The molecule has 0 bridgehead atoms. The zero-order valence-corrected chi connectivity index (χ0v) is 12.0. The van der Waals surface area contributed by atoms with Crippen LogP contribution in [-0.4, -0.2) is 30.6 Å². The lowest BCUT2D eigenvalue weighted by Crippen LogP contribution is -2.48. The molecule has 19 heavy (non-hydrogen) atoms. The number of nitrogens with one attached hydrogen (secondary N) is 1. The number of benzene rings is 1. The van der Waals surface area contributed by atoms with Gasteiger partial charge in [-0.2, -0.15) is 0 Å². The summed E-state index contributed by atoms with van der Waals surface area (Å²) in [5, 5.41) is 3.64. The summed E-state index contributed by atoms with van der Waals surface area (Å²) >= 11 is 0. The fourth-order valence-corrected chi connectivity index (χ4v) is 2.86. The predicted molar refractivity (Wildman–Crippen MR) is 77.5 cm³/mol.